The molecule has 6 aromatic rings. The lowest BCUT2D eigenvalue weighted by molar-refractivity contribution is -0.347. The number of amides is 3. The number of hydrogen-bond donors (Lipinski definition) is 2. The Hall–Kier alpha value is -6.39. The first-order chi connectivity index (χ1) is 33.3. The number of carbonyl (C=O) groups is 3. The first kappa shape index (κ1) is 46.7. The Labute approximate surface area is 395 Å². The van der Waals surface area contributed by atoms with Gasteiger partial charge in [0, 0.05) is 5.56 Å². The van der Waals surface area contributed by atoms with Crippen LogP contribution in [0.1, 0.15) is 60.3 Å². The third-order valence-corrected chi connectivity index (χ3v) is 12.4. The van der Waals surface area contributed by atoms with Crippen LogP contribution in [-0.2, 0) is 59.6 Å². The summed E-state index contributed by atoms with van der Waals surface area (Å²) in [5.74, 6) is -1.84. The topological polar surface area (TPSA) is 151 Å². The Balaban J connectivity index is 1.10. The Bertz CT molecular complexity index is 2540. The summed E-state index contributed by atoms with van der Waals surface area (Å²) in [5.41, 5.74) is 4.22. The standard InChI is InChI=1S/C55H54N2O11/c1-36-47(63-32-38-21-9-3-10-22-38)49(64-33-39-23-11-4-12-24-39)50(65-34-40-25-13-5-14-26-40)55(66-36)68-48-45(57-53(60)42-29-17-18-30-43(42)54(57)61)52(56-51(59)41-27-15-6-16-28-41)67-44(46(48)58)35-62-31-37-19-7-2-8-20-37/h2-30,36,44-50,52,55,58H,31-35H2,1H3,(H,56,59)/t36-,44+,45+,46+,47+,48+,49+,50-,52+,55-/m0/s1. The monoisotopic (exact) mass is 918 g/mol. The van der Waals surface area contributed by atoms with E-state index in [1.165, 1.54) is 0 Å². The number of nitrogens with one attached hydrogen (secondary N) is 1. The average Bonchev–Trinajstić information content (AvgIpc) is 3.63. The molecule has 3 aliphatic heterocycles. The van der Waals surface area contributed by atoms with E-state index in [1.54, 1.807) is 54.6 Å². The zero-order valence-electron chi connectivity index (χ0n) is 37.5. The van der Waals surface area contributed by atoms with E-state index in [4.69, 9.17) is 33.2 Å². The second-order valence-corrected chi connectivity index (χ2v) is 17.0. The van der Waals surface area contributed by atoms with Gasteiger partial charge in [-0.05, 0) is 53.4 Å². The average molecular weight is 919 g/mol. The fourth-order valence-electron chi connectivity index (χ4n) is 8.92. The molecule has 3 amide bonds. The highest BCUT2D eigenvalue weighted by Gasteiger charge is 2.57. The van der Waals surface area contributed by atoms with Crippen molar-refractivity contribution in [2.24, 2.45) is 0 Å². The quantitative estimate of drug-likeness (QED) is 0.0839. The maximum absolute atomic E-state index is 14.5. The molecule has 2 saturated heterocycles. The Morgan fingerprint density at radius 3 is 1.51 bits per heavy atom. The molecule has 2 fully saturated rings. The van der Waals surface area contributed by atoms with Gasteiger partial charge in [-0.1, -0.05) is 152 Å². The molecule has 6 aromatic carbocycles. The van der Waals surface area contributed by atoms with Gasteiger partial charge in [0.05, 0.1) is 50.3 Å². The van der Waals surface area contributed by atoms with Crippen molar-refractivity contribution in [1.29, 1.82) is 0 Å². The minimum atomic E-state index is -1.56. The third kappa shape index (κ3) is 10.8. The molecule has 0 bridgehead atoms. The Morgan fingerprint density at radius 2 is 1.00 bits per heavy atom. The lowest BCUT2D eigenvalue weighted by atomic mass is 9.93. The fourth-order valence-corrected chi connectivity index (χ4v) is 8.92. The SMILES string of the molecule is C[C@@H]1O[C@@H](O[C@H]2[C@H](O)[C@@H](COCc3ccccc3)O[C@@H](NC(=O)c3ccccc3)[C@@H]2N2C(=O)c3ccccc3C2=O)[C@@H](OCc2ccccc2)[C@H](OCc2ccccc2)[C@@H]1OCc1ccccc1. The van der Waals surface area contributed by atoms with Crippen LogP contribution in [0.5, 0.6) is 0 Å². The number of imide groups is 1. The largest absolute Gasteiger partial charge is 0.388 e. The van der Waals surface area contributed by atoms with Gasteiger partial charge in [0.2, 0.25) is 0 Å². The number of carbonyl (C=O) groups excluding carboxylic acids is 3. The highest BCUT2D eigenvalue weighted by molar-refractivity contribution is 6.21. The van der Waals surface area contributed by atoms with E-state index < -0.39 is 79.0 Å². The summed E-state index contributed by atoms with van der Waals surface area (Å²) in [5, 5.41) is 15.6. The summed E-state index contributed by atoms with van der Waals surface area (Å²) in [4.78, 5) is 44.2. The molecular formula is C55H54N2O11. The summed E-state index contributed by atoms with van der Waals surface area (Å²) >= 11 is 0. The molecule has 13 nitrogen and oxygen atoms in total. The number of nitrogens with zero attached hydrogens (tertiary/aromatic N) is 1. The minimum Gasteiger partial charge on any atom is -0.388 e. The zero-order valence-corrected chi connectivity index (χ0v) is 37.5. The molecule has 68 heavy (non-hydrogen) atoms. The van der Waals surface area contributed by atoms with Crippen molar-refractivity contribution in [2.75, 3.05) is 6.61 Å². The van der Waals surface area contributed by atoms with E-state index in [0.29, 0.717) is 5.56 Å². The van der Waals surface area contributed by atoms with Gasteiger partial charge in [0.1, 0.15) is 42.7 Å². The van der Waals surface area contributed by atoms with Crippen molar-refractivity contribution >= 4 is 17.7 Å². The number of aliphatic hydroxyl groups is 1. The second-order valence-electron chi connectivity index (χ2n) is 17.0. The van der Waals surface area contributed by atoms with E-state index in [9.17, 15) is 19.5 Å². The predicted octanol–water partition coefficient (Wildman–Crippen LogP) is 7.27. The van der Waals surface area contributed by atoms with E-state index in [0.717, 1.165) is 27.2 Å². The third-order valence-electron chi connectivity index (χ3n) is 12.4. The summed E-state index contributed by atoms with van der Waals surface area (Å²) < 4.78 is 46.9. The van der Waals surface area contributed by atoms with E-state index in [1.807, 2.05) is 128 Å². The van der Waals surface area contributed by atoms with Gasteiger partial charge in [-0.25, -0.2) is 0 Å². The Kier molecular flexibility index (Phi) is 15.2. The van der Waals surface area contributed by atoms with Crippen LogP contribution in [0.2, 0.25) is 0 Å². The molecule has 0 aliphatic carbocycles. The van der Waals surface area contributed by atoms with Crippen LogP contribution >= 0.6 is 0 Å². The smallest absolute Gasteiger partial charge is 0.262 e. The number of aliphatic hydroxyl groups excluding tert-OH is 1. The van der Waals surface area contributed by atoms with Gasteiger partial charge < -0.3 is 43.6 Å². The van der Waals surface area contributed by atoms with Crippen molar-refractivity contribution in [3.63, 3.8) is 0 Å². The van der Waals surface area contributed by atoms with Crippen LogP contribution in [0, 0.1) is 0 Å². The number of fused-ring (bicyclic) bond motifs is 1. The maximum Gasteiger partial charge on any atom is 0.262 e. The maximum atomic E-state index is 14.5. The number of rotatable bonds is 18. The first-order valence-corrected chi connectivity index (χ1v) is 22.9. The number of hydrogen-bond acceptors (Lipinski definition) is 11. The van der Waals surface area contributed by atoms with Crippen molar-refractivity contribution in [3.05, 3.63) is 215 Å². The van der Waals surface area contributed by atoms with Crippen molar-refractivity contribution in [3.8, 4) is 0 Å². The van der Waals surface area contributed by atoms with Crippen molar-refractivity contribution < 1.29 is 52.6 Å². The zero-order chi connectivity index (χ0) is 46.8. The molecule has 0 spiro atoms. The molecule has 350 valence electrons. The van der Waals surface area contributed by atoms with Crippen LogP contribution < -0.4 is 5.32 Å². The highest BCUT2D eigenvalue weighted by Crippen LogP contribution is 2.37. The number of ether oxygens (including phenoxy) is 7. The van der Waals surface area contributed by atoms with Crippen molar-refractivity contribution in [2.45, 2.75) is 94.6 Å². The second kappa shape index (κ2) is 22.1. The lowest BCUT2D eigenvalue weighted by Crippen LogP contribution is -2.71. The molecule has 0 saturated carbocycles. The van der Waals surface area contributed by atoms with Crippen LogP contribution in [0.15, 0.2) is 176 Å². The van der Waals surface area contributed by atoms with Gasteiger partial charge in [-0.3, -0.25) is 19.3 Å². The molecule has 0 unspecified atom stereocenters. The molecule has 2 N–H and O–H groups in total. The molecular weight excluding hydrogens is 865 g/mol. The molecule has 3 aliphatic rings. The molecule has 10 atom stereocenters. The van der Waals surface area contributed by atoms with E-state index in [-0.39, 0.29) is 44.2 Å². The molecule has 0 aromatic heterocycles. The highest BCUT2D eigenvalue weighted by atomic mass is 16.7. The first-order valence-electron chi connectivity index (χ1n) is 22.9. The summed E-state index contributed by atoms with van der Waals surface area (Å²) in [6.45, 7) is 2.43. The van der Waals surface area contributed by atoms with Crippen LogP contribution in [-0.4, -0.2) is 95.6 Å². The number of benzene rings is 6. The summed E-state index contributed by atoms with van der Waals surface area (Å²) in [6.07, 6.45) is -10.1. The summed E-state index contributed by atoms with van der Waals surface area (Å²) in [6, 6.07) is 52.1. The minimum absolute atomic E-state index is 0.115. The van der Waals surface area contributed by atoms with Gasteiger partial charge in [0.15, 0.2) is 12.5 Å². The lowest BCUT2D eigenvalue weighted by Gasteiger charge is -2.50. The van der Waals surface area contributed by atoms with Gasteiger partial charge >= 0.3 is 0 Å². The van der Waals surface area contributed by atoms with Crippen LogP contribution in [0.4, 0.5) is 0 Å². The molecule has 3 heterocycles. The van der Waals surface area contributed by atoms with Gasteiger partial charge in [-0.2, -0.15) is 0 Å². The predicted molar refractivity (Wildman–Crippen MR) is 250 cm³/mol. The molecule has 9 rings (SSSR count). The van der Waals surface area contributed by atoms with Gasteiger partial charge in [0.25, 0.3) is 17.7 Å². The summed E-state index contributed by atoms with van der Waals surface area (Å²) in [7, 11) is 0. The van der Waals surface area contributed by atoms with E-state index >= 15 is 0 Å². The van der Waals surface area contributed by atoms with Crippen LogP contribution in [0.25, 0.3) is 0 Å². The normalized spacial score (nSPS) is 25.8. The van der Waals surface area contributed by atoms with Crippen molar-refractivity contribution in [1.82, 2.24) is 10.2 Å². The molecule has 0 radical (unpaired) electrons. The fraction of sp³-hybridized carbons (Fsp3) is 0.291. The van der Waals surface area contributed by atoms with E-state index in [2.05, 4.69) is 5.32 Å². The van der Waals surface area contributed by atoms with Crippen LogP contribution in [0.3, 0.4) is 0 Å². The molecule has 13 heteroatoms. The van der Waals surface area contributed by atoms with Gasteiger partial charge in [-0.15, -0.1) is 0 Å². The Morgan fingerprint density at radius 1 is 0.559 bits per heavy atom.